The van der Waals surface area contributed by atoms with Gasteiger partial charge in [0.2, 0.25) is 21.8 Å². The summed E-state index contributed by atoms with van der Waals surface area (Å²) in [6.45, 7) is 6.02. The van der Waals surface area contributed by atoms with Crippen LogP contribution in [-0.2, 0) is 30.3 Å². The number of aromatic nitrogens is 1. The molecule has 3 amide bonds. The van der Waals surface area contributed by atoms with Gasteiger partial charge in [0.25, 0.3) is 5.92 Å². The van der Waals surface area contributed by atoms with Gasteiger partial charge in [0, 0.05) is 62.2 Å². The maximum absolute atomic E-state index is 16.0. The predicted molar refractivity (Wildman–Crippen MR) is 194 cm³/mol. The number of hydrogen-bond donors (Lipinski definition) is 3. The van der Waals surface area contributed by atoms with Crippen LogP contribution >= 0.6 is 11.6 Å². The molecule has 0 bridgehead atoms. The number of alkyl carbamates (subject to hydrolysis) is 1. The van der Waals surface area contributed by atoms with Crippen molar-refractivity contribution in [2.45, 2.75) is 75.7 Å². The van der Waals surface area contributed by atoms with Crippen molar-refractivity contribution in [2.24, 2.45) is 17.0 Å². The van der Waals surface area contributed by atoms with Crippen LogP contribution in [-0.4, -0.2) is 97.9 Å². The van der Waals surface area contributed by atoms with Crippen LogP contribution in [0, 0.1) is 11.8 Å². The van der Waals surface area contributed by atoms with Crippen LogP contribution in [0.1, 0.15) is 64.9 Å². The Bertz CT molecular complexity index is 1790. The van der Waals surface area contributed by atoms with Gasteiger partial charge in [-0.3, -0.25) is 9.59 Å². The molecule has 3 fully saturated rings. The molecule has 3 aliphatic rings. The fourth-order valence-corrected chi connectivity index (χ4v) is 8.40. The highest BCUT2D eigenvalue weighted by molar-refractivity contribution is 7.89. The molecule has 3 heterocycles. The molecule has 290 valence electrons. The van der Waals surface area contributed by atoms with E-state index in [1.807, 2.05) is 0 Å². The zero-order valence-electron chi connectivity index (χ0n) is 30.0. The van der Waals surface area contributed by atoms with Crippen LogP contribution in [0.2, 0.25) is 5.15 Å². The standard InChI is InChI=1S/C35H46ClF2N7O7S/c1-34(2,3)52-33(48)40-22-26(42-49)21-39-32(47)23-6-8-24(9-7-23)35(37,38)25-19-29(36)41-30(20-25)43-15-17-44(18-16-43)53(50,51)28-12-10-27(11-13-28)45-14-4-5-31(45)46/h10-13,19-20,23-24,49H,4-9,14-18,21-22H2,1-3H3,(H,39,47)(H,40,48)/b42-26+. The van der Waals surface area contributed by atoms with Crippen LogP contribution < -0.4 is 20.4 Å². The number of rotatable bonds is 11. The Morgan fingerprint density at radius 3 is 2.23 bits per heavy atom. The molecule has 1 saturated carbocycles. The predicted octanol–water partition coefficient (Wildman–Crippen LogP) is 4.74. The van der Waals surface area contributed by atoms with Crippen molar-refractivity contribution in [2.75, 3.05) is 55.6 Å². The molecule has 1 aliphatic carbocycles. The molecule has 2 aliphatic heterocycles. The van der Waals surface area contributed by atoms with Crippen molar-refractivity contribution in [3.05, 3.63) is 47.1 Å². The van der Waals surface area contributed by atoms with Gasteiger partial charge in [0.05, 0.1) is 23.7 Å². The lowest BCUT2D eigenvalue weighted by Gasteiger charge is -2.36. The number of piperazine rings is 1. The second-order valence-electron chi connectivity index (χ2n) is 14.5. The number of nitrogens with zero attached hydrogens (tertiary/aromatic N) is 5. The summed E-state index contributed by atoms with van der Waals surface area (Å²) < 4.78 is 65.3. The number of ether oxygens (including phenoxy) is 1. The van der Waals surface area contributed by atoms with Gasteiger partial charge >= 0.3 is 6.09 Å². The summed E-state index contributed by atoms with van der Waals surface area (Å²) in [5, 5.41) is 17.4. The maximum Gasteiger partial charge on any atom is 0.407 e. The summed E-state index contributed by atoms with van der Waals surface area (Å²) in [5.41, 5.74) is -0.276. The second kappa shape index (κ2) is 16.5. The van der Waals surface area contributed by atoms with Gasteiger partial charge in [-0.2, -0.15) is 4.31 Å². The molecular weight excluding hydrogens is 736 g/mol. The largest absolute Gasteiger partial charge is 0.444 e. The summed E-state index contributed by atoms with van der Waals surface area (Å²) in [4.78, 5) is 44.5. The SMILES string of the molecule is CC(C)(C)OC(=O)NC/C(CNC(=O)C1CCC(C(F)(F)c2cc(Cl)nc(N3CCN(S(=O)(=O)c4ccc(N5CCCC5=O)cc4)CC3)c2)CC1)=N/O. The summed E-state index contributed by atoms with van der Waals surface area (Å²) in [5.74, 6) is -4.98. The Morgan fingerprint density at radius 1 is 1.00 bits per heavy atom. The Labute approximate surface area is 312 Å². The number of oxime groups is 1. The van der Waals surface area contributed by atoms with Crippen molar-refractivity contribution in [3.8, 4) is 0 Å². The van der Waals surface area contributed by atoms with Crippen LogP contribution in [0.4, 0.5) is 25.1 Å². The van der Waals surface area contributed by atoms with Gasteiger partial charge < -0.3 is 30.4 Å². The van der Waals surface area contributed by atoms with E-state index in [0.717, 1.165) is 12.5 Å². The zero-order valence-corrected chi connectivity index (χ0v) is 31.6. The van der Waals surface area contributed by atoms with E-state index >= 15 is 8.78 Å². The molecule has 0 unspecified atom stereocenters. The number of nitrogens with one attached hydrogen (secondary N) is 2. The molecule has 1 aromatic heterocycles. The summed E-state index contributed by atoms with van der Waals surface area (Å²) in [6.07, 6.45) is 1.11. The van der Waals surface area contributed by atoms with E-state index in [2.05, 4.69) is 20.8 Å². The van der Waals surface area contributed by atoms with Gasteiger partial charge in [-0.05, 0) is 89.3 Å². The average molecular weight is 782 g/mol. The molecular formula is C35H46ClF2N7O7S. The van der Waals surface area contributed by atoms with Gasteiger partial charge in [-0.25, -0.2) is 27.0 Å². The van der Waals surface area contributed by atoms with E-state index in [9.17, 15) is 28.0 Å². The van der Waals surface area contributed by atoms with Crippen molar-refractivity contribution in [1.29, 1.82) is 0 Å². The van der Waals surface area contributed by atoms with Crippen LogP contribution in [0.3, 0.4) is 0 Å². The van der Waals surface area contributed by atoms with Crippen molar-refractivity contribution in [3.63, 3.8) is 0 Å². The molecule has 0 spiro atoms. The minimum absolute atomic E-state index is 0.00865. The fraction of sp³-hybridized carbons (Fsp3) is 0.571. The van der Waals surface area contributed by atoms with Crippen LogP contribution in [0.15, 0.2) is 46.4 Å². The number of hydrogen-bond acceptors (Lipinski definition) is 10. The number of benzene rings is 1. The fourth-order valence-electron chi connectivity index (χ4n) is 6.77. The number of anilines is 2. The summed E-state index contributed by atoms with van der Waals surface area (Å²) in [7, 11) is -3.84. The van der Waals surface area contributed by atoms with E-state index in [-0.39, 0.29) is 104 Å². The molecule has 1 aromatic carbocycles. The molecule has 53 heavy (non-hydrogen) atoms. The molecule has 0 radical (unpaired) electrons. The first-order valence-corrected chi connectivity index (χ1v) is 19.5. The Kier molecular flexibility index (Phi) is 12.5. The Hall–Kier alpha value is -4.09. The number of carbonyl (C=O) groups excluding carboxylic acids is 3. The molecule has 2 aromatic rings. The van der Waals surface area contributed by atoms with E-state index in [1.165, 1.54) is 22.5 Å². The van der Waals surface area contributed by atoms with Crippen molar-refractivity contribution in [1.82, 2.24) is 19.9 Å². The van der Waals surface area contributed by atoms with Gasteiger partial charge in [-0.15, -0.1) is 0 Å². The highest BCUT2D eigenvalue weighted by Gasteiger charge is 2.44. The number of amides is 3. The lowest BCUT2D eigenvalue weighted by atomic mass is 9.77. The number of carbonyl (C=O) groups is 3. The van der Waals surface area contributed by atoms with E-state index < -0.39 is 39.5 Å². The third-order valence-electron chi connectivity index (χ3n) is 9.64. The van der Waals surface area contributed by atoms with Crippen LogP contribution in [0.5, 0.6) is 0 Å². The number of alkyl halides is 2. The van der Waals surface area contributed by atoms with Crippen LogP contribution in [0.25, 0.3) is 0 Å². The first-order chi connectivity index (χ1) is 25.0. The minimum atomic E-state index is -3.84. The van der Waals surface area contributed by atoms with E-state index in [1.54, 1.807) is 42.7 Å². The van der Waals surface area contributed by atoms with Gasteiger partial charge in [0.15, 0.2) is 0 Å². The molecule has 2 saturated heterocycles. The number of halogens is 3. The Balaban J connectivity index is 1.13. The minimum Gasteiger partial charge on any atom is -0.444 e. The second-order valence-corrected chi connectivity index (χ2v) is 16.8. The molecule has 14 nitrogen and oxygen atoms in total. The smallest absolute Gasteiger partial charge is 0.407 e. The normalized spacial score (nSPS) is 20.7. The highest BCUT2D eigenvalue weighted by atomic mass is 35.5. The lowest BCUT2D eigenvalue weighted by molar-refractivity contribution is -0.128. The third-order valence-corrected chi connectivity index (χ3v) is 11.7. The van der Waals surface area contributed by atoms with Gasteiger partial charge in [0.1, 0.15) is 16.6 Å². The first-order valence-electron chi connectivity index (χ1n) is 17.6. The summed E-state index contributed by atoms with van der Waals surface area (Å²) >= 11 is 6.26. The molecule has 18 heteroatoms. The maximum atomic E-state index is 16.0. The number of pyridine rings is 1. The zero-order chi connectivity index (χ0) is 38.6. The average Bonchev–Trinajstić information content (AvgIpc) is 3.56. The number of sulfonamides is 1. The van der Waals surface area contributed by atoms with Crippen molar-refractivity contribution < 1.29 is 41.5 Å². The summed E-state index contributed by atoms with van der Waals surface area (Å²) in [6, 6.07) is 8.69. The lowest BCUT2D eigenvalue weighted by Crippen LogP contribution is -2.49. The van der Waals surface area contributed by atoms with Crippen molar-refractivity contribution >= 4 is 56.7 Å². The monoisotopic (exact) mass is 781 g/mol. The van der Waals surface area contributed by atoms with E-state index in [4.69, 9.17) is 16.3 Å². The van der Waals surface area contributed by atoms with E-state index in [0.29, 0.717) is 18.7 Å². The Morgan fingerprint density at radius 2 is 1.64 bits per heavy atom. The molecule has 0 atom stereocenters. The third kappa shape index (κ3) is 9.92. The topological polar surface area (TPSA) is 174 Å². The molecule has 3 N–H and O–H groups in total. The quantitative estimate of drug-likeness (QED) is 0.126. The highest BCUT2D eigenvalue weighted by Crippen LogP contribution is 2.46. The molecule has 5 rings (SSSR count). The van der Waals surface area contributed by atoms with Gasteiger partial charge in [-0.1, -0.05) is 16.8 Å². The first kappa shape index (κ1) is 40.1.